The lowest BCUT2D eigenvalue weighted by Crippen LogP contribution is -2.43. The van der Waals surface area contributed by atoms with Crippen LogP contribution in [0.3, 0.4) is 0 Å². The largest absolute Gasteiger partial charge is 0.305 e. The molecule has 0 aromatic carbocycles. The summed E-state index contributed by atoms with van der Waals surface area (Å²) in [6.07, 6.45) is 4.86. The summed E-state index contributed by atoms with van der Waals surface area (Å²) in [5.74, 6) is 0.337. The van der Waals surface area contributed by atoms with E-state index in [4.69, 9.17) is 0 Å². The second kappa shape index (κ2) is 7.00. The van der Waals surface area contributed by atoms with Crippen molar-refractivity contribution in [2.75, 3.05) is 20.1 Å². The second-order valence-electron chi connectivity index (χ2n) is 4.96. The Balaban J connectivity index is 0.000000423. The summed E-state index contributed by atoms with van der Waals surface area (Å²) in [5, 5.41) is 0. The van der Waals surface area contributed by atoms with Gasteiger partial charge in [-0.05, 0) is 33.4 Å². The van der Waals surface area contributed by atoms with Crippen LogP contribution < -0.4 is 0 Å². The number of unbranched alkanes of at least 4 members (excludes halogenated alkanes) is 1. The molecule has 0 amide bonds. The zero-order valence-electron chi connectivity index (χ0n) is 11.1. The van der Waals surface area contributed by atoms with E-state index in [0.717, 1.165) is 25.9 Å². The van der Waals surface area contributed by atoms with Crippen molar-refractivity contribution >= 4 is 5.78 Å². The van der Waals surface area contributed by atoms with Gasteiger partial charge in [0.05, 0.1) is 0 Å². The van der Waals surface area contributed by atoms with Gasteiger partial charge in [0.2, 0.25) is 0 Å². The Bertz CT molecular complexity index is 189. The molecule has 0 N–H and O–H groups in total. The van der Waals surface area contributed by atoms with E-state index in [1.807, 2.05) is 0 Å². The first-order valence-corrected chi connectivity index (χ1v) is 6.16. The van der Waals surface area contributed by atoms with E-state index in [0.29, 0.717) is 5.78 Å². The van der Waals surface area contributed by atoms with Gasteiger partial charge in [-0.2, -0.15) is 0 Å². The van der Waals surface area contributed by atoms with Crippen molar-refractivity contribution in [1.29, 1.82) is 0 Å². The first kappa shape index (κ1) is 14.6. The number of ketones is 1. The third-order valence-corrected chi connectivity index (χ3v) is 3.24. The second-order valence-corrected chi connectivity index (χ2v) is 4.96. The number of Topliss-reactive ketones (excluding diaryl/α,β-unsaturated/α-hetero) is 1. The van der Waals surface area contributed by atoms with Gasteiger partial charge in [-0.25, -0.2) is 0 Å². The summed E-state index contributed by atoms with van der Waals surface area (Å²) in [4.78, 5) is 13.5. The van der Waals surface area contributed by atoms with Crippen LogP contribution in [0.15, 0.2) is 0 Å². The van der Waals surface area contributed by atoms with Crippen LogP contribution in [0.5, 0.6) is 0 Å². The summed E-state index contributed by atoms with van der Waals surface area (Å²) < 4.78 is 0. The van der Waals surface area contributed by atoms with Crippen molar-refractivity contribution in [3.8, 4) is 0 Å². The van der Waals surface area contributed by atoms with Gasteiger partial charge in [-0.1, -0.05) is 33.6 Å². The Kier molecular flexibility index (Phi) is 6.82. The van der Waals surface area contributed by atoms with E-state index in [9.17, 15) is 4.79 Å². The van der Waals surface area contributed by atoms with Gasteiger partial charge in [0.25, 0.3) is 0 Å². The number of carbonyl (C=O) groups excluding carboxylic acids is 1. The standard InChI is InChI=1S/C9H17NO.C4H10/c1-8(11)9(2)5-4-6-10(3)7-9;1-3-4-2/h4-7H2,1-3H3;3-4H2,1-2H3. The summed E-state index contributed by atoms with van der Waals surface area (Å²) in [6.45, 7) is 10.2. The van der Waals surface area contributed by atoms with Gasteiger partial charge in [-0.15, -0.1) is 0 Å². The summed E-state index contributed by atoms with van der Waals surface area (Å²) in [6, 6.07) is 0. The highest BCUT2D eigenvalue weighted by atomic mass is 16.1. The number of likely N-dealkylation sites (tertiary alicyclic amines) is 1. The third kappa shape index (κ3) is 5.31. The van der Waals surface area contributed by atoms with Crippen molar-refractivity contribution in [2.45, 2.75) is 53.4 Å². The maximum Gasteiger partial charge on any atom is 0.136 e. The highest BCUT2D eigenvalue weighted by Gasteiger charge is 2.33. The average molecular weight is 213 g/mol. The molecule has 0 radical (unpaired) electrons. The van der Waals surface area contributed by atoms with Gasteiger partial charge in [-0.3, -0.25) is 4.79 Å². The molecule has 1 unspecified atom stereocenters. The van der Waals surface area contributed by atoms with Crippen molar-refractivity contribution < 1.29 is 4.79 Å². The van der Waals surface area contributed by atoms with Crippen LogP contribution in [-0.4, -0.2) is 30.8 Å². The van der Waals surface area contributed by atoms with Crippen molar-refractivity contribution in [2.24, 2.45) is 5.41 Å². The van der Waals surface area contributed by atoms with E-state index in [1.165, 1.54) is 12.8 Å². The minimum absolute atomic E-state index is 0.0625. The van der Waals surface area contributed by atoms with Crippen molar-refractivity contribution in [3.63, 3.8) is 0 Å². The number of nitrogens with zero attached hydrogens (tertiary/aromatic N) is 1. The molecule has 0 aromatic rings. The normalized spacial score (nSPS) is 26.7. The summed E-state index contributed by atoms with van der Waals surface area (Å²) in [7, 11) is 2.08. The van der Waals surface area contributed by atoms with E-state index < -0.39 is 0 Å². The van der Waals surface area contributed by atoms with Crippen molar-refractivity contribution in [1.82, 2.24) is 4.90 Å². The SMILES string of the molecule is CC(=O)C1(C)CCCN(C)C1.CCCC. The third-order valence-electron chi connectivity index (χ3n) is 3.24. The highest BCUT2D eigenvalue weighted by molar-refractivity contribution is 5.82. The van der Waals surface area contributed by atoms with Gasteiger partial charge < -0.3 is 4.90 Å². The zero-order valence-corrected chi connectivity index (χ0v) is 11.1. The molecular weight excluding hydrogens is 186 g/mol. The molecule has 0 aromatic heterocycles. The van der Waals surface area contributed by atoms with Crippen LogP contribution in [0, 0.1) is 5.41 Å². The van der Waals surface area contributed by atoms with E-state index in [-0.39, 0.29) is 5.41 Å². The minimum atomic E-state index is -0.0625. The topological polar surface area (TPSA) is 20.3 Å². The van der Waals surface area contributed by atoms with Crippen LogP contribution in [0.1, 0.15) is 53.4 Å². The molecular formula is C13H27NO. The molecule has 90 valence electrons. The molecule has 1 rings (SSSR count). The fourth-order valence-electron chi connectivity index (χ4n) is 1.78. The number of rotatable bonds is 2. The first-order valence-electron chi connectivity index (χ1n) is 6.16. The average Bonchev–Trinajstić information content (AvgIpc) is 2.18. The summed E-state index contributed by atoms with van der Waals surface area (Å²) in [5.41, 5.74) is -0.0625. The Morgan fingerprint density at radius 3 is 2.13 bits per heavy atom. The lowest BCUT2D eigenvalue weighted by molar-refractivity contribution is -0.128. The Morgan fingerprint density at radius 1 is 1.33 bits per heavy atom. The lowest BCUT2D eigenvalue weighted by atomic mass is 9.79. The van der Waals surface area contributed by atoms with E-state index >= 15 is 0 Å². The van der Waals surface area contributed by atoms with E-state index in [2.05, 4.69) is 32.7 Å². The van der Waals surface area contributed by atoms with Crippen LogP contribution in [0.2, 0.25) is 0 Å². The molecule has 1 aliphatic heterocycles. The molecule has 1 aliphatic rings. The molecule has 0 saturated carbocycles. The van der Waals surface area contributed by atoms with Crippen LogP contribution in [0.4, 0.5) is 0 Å². The molecule has 15 heavy (non-hydrogen) atoms. The van der Waals surface area contributed by atoms with Gasteiger partial charge in [0.1, 0.15) is 5.78 Å². The predicted octanol–water partition coefficient (Wildman–Crippen LogP) is 3.11. The molecule has 2 heteroatoms. The molecule has 0 bridgehead atoms. The number of piperidine rings is 1. The summed E-state index contributed by atoms with van der Waals surface area (Å²) >= 11 is 0. The molecule has 1 fully saturated rings. The Labute approximate surface area is 95.0 Å². The minimum Gasteiger partial charge on any atom is -0.305 e. The molecule has 1 heterocycles. The molecule has 1 saturated heterocycles. The Hall–Kier alpha value is -0.370. The van der Waals surface area contributed by atoms with Gasteiger partial charge in [0, 0.05) is 12.0 Å². The van der Waals surface area contributed by atoms with Crippen LogP contribution in [-0.2, 0) is 4.79 Å². The number of hydrogen-bond acceptors (Lipinski definition) is 2. The fourth-order valence-corrected chi connectivity index (χ4v) is 1.78. The Morgan fingerprint density at radius 2 is 1.87 bits per heavy atom. The first-order chi connectivity index (χ1) is 6.96. The molecule has 2 nitrogen and oxygen atoms in total. The van der Waals surface area contributed by atoms with Gasteiger partial charge >= 0.3 is 0 Å². The van der Waals surface area contributed by atoms with Crippen molar-refractivity contribution in [3.05, 3.63) is 0 Å². The molecule has 0 aliphatic carbocycles. The maximum absolute atomic E-state index is 11.2. The quantitative estimate of drug-likeness (QED) is 0.702. The van der Waals surface area contributed by atoms with Crippen LogP contribution in [0.25, 0.3) is 0 Å². The van der Waals surface area contributed by atoms with E-state index in [1.54, 1.807) is 6.92 Å². The number of hydrogen-bond donors (Lipinski definition) is 0. The number of carbonyl (C=O) groups is 1. The highest BCUT2D eigenvalue weighted by Crippen LogP contribution is 2.29. The molecule has 0 spiro atoms. The van der Waals surface area contributed by atoms with Crippen LogP contribution >= 0.6 is 0 Å². The smallest absolute Gasteiger partial charge is 0.136 e. The predicted molar refractivity (Wildman–Crippen MR) is 66.1 cm³/mol. The maximum atomic E-state index is 11.2. The van der Waals surface area contributed by atoms with Gasteiger partial charge in [0.15, 0.2) is 0 Å². The zero-order chi connectivity index (χ0) is 11.9. The molecule has 1 atom stereocenters. The lowest BCUT2D eigenvalue weighted by Gasteiger charge is -2.36. The monoisotopic (exact) mass is 213 g/mol. The fraction of sp³-hybridized carbons (Fsp3) is 0.923.